The van der Waals surface area contributed by atoms with Gasteiger partial charge < -0.3 is 10.2 Å². The topological polar surface area (TPSA) is 15.3 Å². The Hall–Kier alpha value is -1.09. The predicted molar refractivity (Wildman–Crippen MR) is 67.6 cm³/mol. The summed E-state index contributed by atoms with van der Waals surface area (Å²) in [6.07, 6.45) is 0. The van der Waals surface area contributed by atoms with Crippen molar-refractivity contribution in [2.45, 2.75) is 20.8 Å². The zero-order valence-electron chi connectivity index (χ0n) is 10.4. The summed E-state index contributed by atoms with van der Waals surface area (Å²) in [6.45, 7) is 9.67. The summed E-state index contributed by atoms with van der Waals surface area (Å²) >= 11 is 0. The number of nitrogens with zero attached hydrogens (tertiary/aromatic N) is 1. The van der Waals surface area contributed by atoms with E-state index in [0.29, 0.717) is 5.56 Å². The van der Waals surface area contributed by atoms with Crippen molar-refractivity contribution in [1.29, 1.82) is 0 Å². The number of aryl methyl sites for hydroxylation is 1. The predicted octanol–water partition coefficient (Wildman–Crippen LogP) is 2.57. The minimum Gasteiger partial charge on any atom is -0.369 e. The molecule has 0 unspecified atom stereocenters. The number of piperazine rings is 1. The average Bonchev–Trinajstić information content (AvgIpc) is 2.36. The molecule has 0 bridgehead atoms. The van der Waals surface area contributed by atoms with Crippen molar-refractivity contribution in [3.63, 3.8) is 0 Å². The molecular weight excluding hydrogens is 203 g/mol. The second-order valence-corrected chi connectivity index (χ2v) is 3.67. The van der Waals surface area contributed by atoms with E-state index in [4.69, 9.17) is 0 Å². The lowest BCUT2D eigenvalue weighted by atomic mass is 10.2. The molecule has 3 heteroatoms. The molecule has 1 aromatic carbocycles. The standard InChI is InChI=1S/C11H15FN2.C2H6/c1-9-2-3-10(8-11(9)12)14-6-4-13-5-7-14;1-2/h2-3,8,13H,4-7H2,1H3;1-2H3. The fraction of sp³-hybridized carbons (Fsp3) is 0.538. The van der Waals surface area contributed by atoms with E-state index < -0.39 is 0 Å². The molecule has 1 saturated heterocycles. The van der Waals surface area contributed by atoms with Gasteiger partial charge in [-0.05, 0) is 24.6 Å². The Balaban J connectivity index is 0.000000606. The van der Waals surface area contributed by atoms with Crippen LogP contribution < -0.4 is 10.2 Å². The molecule has 0 saturated carbocycles. The molecule has 1 aliphatic heterocycles. The number of hydrogen-bond acceptors (Lipinski definition) is 2. The van der Waals surface area contributed by atoms with Crippen LogP contribution in [0.4, 0.5) is 10.1 Å². The van der Waals surface area contributed by atoms with Crippen molar-refractivity contribution >= 4 is 5.69 Å². The third-order valence-electron chi connectivity index (χ3n) is 2.64. The van der Waals surface area contributed by atoms with Crippen LogP contribution in [0.15, 0.2) is 18.2 Å². The number of rotatable bonds is 1. The maximum Gasteiger partial charge on any atom is 0.128 e. The Morgan fingerprint density at radius 3 is 2.38 bits per heavy atom. The van der Waals surface area contributed by atoms with Crippen LogP contribution >= 0.6 is 0 Å². The van der Waals surface area contributed by atoms with Gasteiger partial charge in [-0.2, -0.15) is 0 Å². The Labute approximate surface area is 97.5 Å². The molecule has 0 atom stereocenters. The monoisotopic (exact) mass is 224 g/mol. The van der Waals surface area contributed by atoms with Gasteiger partial charge in [-0.3, -0.25) is 0 Å². The van der Waals surface area contributed by atoms with Crippen LogP contribution in [0.2, 0.25) is 0 Å². The summed E-state index contributed by atoms with van der Waals surface area (Å²) in [5.41, 5.74) is 1.71. The minimum absolute atomic E-state index is 0.110. The fourth-order valence-corrected chi connectivity index (χ4v) is 1.70. The Morgan fingerprint density at radius 1 is 1.19 bits per heavy atom. The molecule has 90 valence electrons. The summed E-state index contributed by atoms with van der Waals surface area (Å²) < 4.78 is 13.3. The molecule has 16 heavy (non-hydrogen) atoms. The van der Waals surface area contributed by atoms with E-state index >= 15 is 0 Å². The van der Waals surface area contributed by atoms with Crippen LogP contribution in [0, 0.1) is 12.7 Å². The molecule has 1 aromatic rings. The van der Waals surface area contributed by atoms with Gasteiger partial charge in [0.15, 0.2) is 0 Å². The van der Waals surface area contributed by atoms with Crippen molar-refractivity contribution in [2.75, 3.05) is 31.1 Å². The van der Waals surface area contributed by atoms with Gasteiger partial charge in [-0.15, -0.1) is 0 Å². The van der Waals surface area contributed by atoms with E-state index in [1.165, 1.54) is 0 Å². The van der Waals surface area contributed by atoms with Crippen LogP contribution in [-0.2, 0) is 0 Å². The molecule has 1 heterocycles. The van der Waals surface area contributed by atoms with Crippen molar-refractivity contribution in [2.24, 2.45) is 0 Å². The highest BCUT2D eigenvalue weighted by atomic mass is 19.1. The van der Waals surface area contributed by atoms with Gasteiger partial charge in [-0.25, -0.2) is 4.39 Å². The molecule has 1 fully saturated rings. The van der Waals surface area contributed by atoms with E-state index in [1.807, 2.05) is 26.0 Å². The van der Waals surface area contributed by atoms with Crippen LogP contribution in [0.25, 0.3) is 0 Å². The fourth-order valence-electron chi connectivity index (χ4n) is 1.70. The van der Waals surface area contributed by atoms with Gasteiger partial charge in [0.2, 0.25) is 0 Å². The normalized spacial score (nSPS) is 15.4. The number of benzene rings is 1. The summed E-state index contributed by atoms with van der Waals surface area (Å²) in [5, 5.41) is 3.28. The Morgan fingerprint density at radius 2 is 1.81 bits per heavy atom. The highest BCUT2D eigenvalue weighted by Crippen LogP contribution is 2.18. The maximum atomic E-state index is 13.3. The first kappa shape index (κ1) is 13.0. The van der Waals surface area contributed by atoms with Crippen molar-refractivity contribution in [3.8, 4) is 0 Å². The molecule has 2 rings (SSSR count). The molecule has 0 radical (unpaired) electrons. The van der Waals surface area contributed by atoms with E-state index in [-0.39, 0.29) is 5.82 Å². The quantitative estimate of drug-likeness (QED) is 0.788. The van der Waals surface area contributed by atoms with Crippen molar-refractivity contribution in [3.05, 3.63) is 29.6 Å². The Bertz CT molecular complexity index is 320. The first-order chi connectivity index (χ1) is 7.77. The smallest absolute Gasteiger partial charge is 0.128 e. The van der Waals surface area contributed by atoms with Crippen LogP contribution in [0.3, 0.4) is 0 Å². The molecular formula is C13H21FN2. The highest BCUT2D eigenvalue weighted by molar-refractivity contribution is 5.48. The third-order valence-corrected chi connectivity index (χ3v) is 2.64. The summed E-state index contributed by atoms with van der Waals surface area (Å²) in [4.78, 5) is 2.21. The second-order valence-electron chi connectivity index (χ2n) is 3.67. The second kappa shape index (κ2) is 6.48. The molecule has 0 spiro atoms. The number of nitrogens with one attached hydrogen (secondary N) is 1. The van der Waals surface area contributed by atoms with Crippen LogP contribution in [0.1, 0.15) is 19.4 Å². The van der Waals surface area contributed by atoms with E-state index in [9.17, 15) is 4.39 Å². The summed E-state index contributed by atoms with van der Waals surface area (Å²) in [7, 11) is 0. The molecule has 0 aliphatic carbocycles. The van der Waals surface area contributed by atoms with E-state index in [2.05, 4.69) is 10.2 Å². The van der Waals surface area contributed by atoms with E-state index in [1.54, 1.807) is 13.0 Å². The number of hydrogen-bond donors (Lipinski definition) is 1. The lowest BCUT2D eigenvalue weighted by Gasteiger charge is -2.29. The Kier molecular flexibility index (Phi) is 5.26. The van der Waals surface area contributed by atoms with Crippen molar-refractivity contribution in [1.82, 2.24) is 5.32 Å². The zero-order chi connectivity index (χ0) is 12.0. The molecule has 0 amide bonds. The molecule has 0 aromatic heterocycles. The molecule has 2 nitrogen and oxygen atoms in total. The first-order valence-corrected chi connectivity index (χ1v) is 5.99. The molecule has 1 N–H and O–H groups in total. The maximum absolute atomic E-state index is 13.3. The number of halogens is 1. The summed E-state index contributed by atoms with van der Waals surface area (Å²) in [6, 6.07) is 5.46. The first-order valence-electron chi connectivity index (χ1n) is 5.99. The minimum atomic E-state index is -0.110. The largest absolute Gasteiger partial charge is 0.369 e. The average molecular weight is 224 g/mol. The van der Waals surface area contributed by atoms with Gasteiger partial charge >= 0.3 is 0 Å². The van der Waals surface area contributed by atoms with Gasteiger partial charge in [0.25, 0.3) is 0 Å². The van der Waals surface area contributed by atoms with Crippen LogP contribution in [-0.4, -0.2) is 26.2 Å². The highest BCUT2D eigenvalue weighted by Gasteiger charge is 2.11. The number of anilines is 1. The van der Waals surface area contributed by atoms with Crippen LogP contribution in [0.5, 0.6) is 0 Å². The van der Waals surface area contributed by atoms with Gasteiger partial charge in [0, 0.05) is 31.9 Å². The molecule has 1 aliphatic rings. The lowest BCUT2D eigenvalue weighted by Crippen LogP contribution is -2.43. The summed E-state index contributed by atoms with van der Waals surface area (Å²) in [5.74, 6) is -0.110. The van der Waals surface area contributed by atoms with Gasteiger partial charge in [0.1, 0.15) is 5.82 Å². The van der Waals surface area contributed by atoms with E-state index in [0.717, 1.165) is 31.9 Å². The van der Waals surface area contributed by atoms with Gasteiger partial charge in [-0.1, -0.05) is 19.9 Å². The third kappa shape index (κ3) is 3.20. The lowest BCUT2D eigenvalue weighted by molar-refractivity contribution is 0.583. The van der Waals surface area contributed by atoms with Crippen molar-refractivity contribution < 1.29 is 4.39 Å². The zero-order valence-corrected chi connectivity index (χ0v) is 10.4. The SMILES string of the molecule is CC.Cc1ccc(N2CCNCC2)cc1F. The van der Waals surface area contributed by atoms with Gasteiger partial charge in [0.05, 0.1) is 0 Å².